The van der Waals surface area contributed by atoms with E-state index in [4.69, 9.17) is 9.15 Å². The van der Waals surface area contributed by atoms with Gasteiger partial charge >= 0.3 is 0 Å². The maximum atomic E-state index is 12.4. The molecule has 1 amide bonds. The standard InChI is InChI=1S/C18H17N3O3/c1-23-17-13(18(22)19-12-3-4-12)5-7-15-16(17)14(20-21-15)6-2-11-8-9-24-10-11/h2,5-10,12H,3-4H2,1H3,(H,19,22)(H,20,21). The number of aromatic amines is 1. The molecule has 0 spiro atoms. The van der Waals surface area contributed by atoms with Crippen LogP contribution in [0.25, 0.3) is 23.1 Å². The molecule has 1 aliphatic carbocycles. The molecule has 1 saturated carbocycles. The number of nitrogens with zero attached hydrogens (tertiary/aromatic N) is 1. The predicted molar refractivity (Wildman–Crippen MR) is 90.8 cm³/mol. The summed E-state index contributed by atoms with van der Waals surface area (Å²) in [6.07, 6.45) is 9.12. The first-order valence-electron chi connectivity index (χ1n) is 7.82. The van der Waals surface area contributed by atoms with Gasteiger partial charge < -0.3 is 14.5 Å². The van der Waals surface area contributed by atoms with Crippen LogP contribution >= 0.6 is 0 Å². The number of rotatable bonds is 5. The smallest absolute Gasteiger partial charge is 0.255 e. The summed E-state index contributed by atoms with van der Waals surface area (Å²) in [7, 11) is 1.57. The van der Waals surface area contributed by atoms with Crippen molar-refractivity contribution in [2.45, 2.75) is 18.9 Å². The van der Waals surface area contributed by atoms with Gasteiger partial charge in [0.05, 0.1) is 41.8 Å². The van der Waals surface area contributed by atoms with E-state index < -0.39 is 0 Å². The molecule has 0 saturated heterocycles. The highest BCUT2D eigenvalue weighted by Crippen LogP contribution is 2.33. The zero-order chi connectivity index (χ0) is 16.5. The third-order valence-corrected chi connectivity index (χ3v) is 4.05. The lowest BCUT2D eigenvalue weighted by Gasteiger charge is -2.10. The number of fused-ring (bicyclic) bond motifs is 1. The average Bonchev–Trinajstić information content (AvgIpc) is 3.10. The Kier molecular flexibility index (Phi) is 3.57. The molecule has 24 heavy (non-hydrogen) atoms. The Morgan fingerprint density at radius 2 is 2.25 bits per heavy atom. The van der Waals surface area contributed by atoms with Crippen LogP contribution in [0, 0.1) is 0 Å². The lowest BCUT2D eigenvalue weighted by atomic mass is 10.1. The number of hydrogen-bond donors (Lipinski definition) is 2. The van der Waals surface area contributed by atoms with Crippen molar-refractivity contribution in [2.24, 2.45) is 0 Å². The van der Waals surface area contributed by atoms with Gasteiger partial charge in [-0.15, -0.1) is 0 Å². The van der Waals surface area contributed by atoms with E-state index in [1.165, 1.54) is 0 Å². The van der Waals surface area contributed by atoms with Crippen molar-refractivity contribution in [3.8, 4) is 5.75 Å². The monoisotopic (exact) mass is 323 g/mol. The van der Waals surface area contributed by atoms with Crippen LogP contribution in [0.4, 0.5) is 0 Å². The summed E-state index contributed by atoms with van der Waals surface area (Å²) in [5.74, 6) is 0.424. The third-order valence-electron chi connectivity index (χ3n) is 4.05. The normalized spacial score (nSPS) is 14.4. The summed E-state index contributed by atoms with van der Waals surface area (Å²) in [5.41, 5.74) is 3.00. The van der Waals surface area contributed by atoms with Crippen molar-refractivity contribution in [3.63, 3.8) is 0 Å². The number of amides is 1. The highest BCUT2D eigenvalue weighted by Gasteiger charge is 2.26. The number of furan rings is 1. The Hall–Kier alpha value is -3.02. The van der Waals surface area contributed by atoms with Crippen LogP contribution in [-0.2, 0) is 0 Å². The van der Waals surface area contributed by atoms with Crippen LogP contribution < -0.4 is 10.1 Å². The highest BCUT2D eigenvalue weighted by molar-refractivity contribution is 6.05. The molecule has 1 aromatic carbocycles. The minimum atomic E-state index is -0.109. The summed E-state index contributed by atoms with van der Waals surface area (Å²) < 4.78 is 10.6. The molecule has 0 aliphatic heterocycles. The van der Waals surface area contributed by atoms with Crippen LogP contribution in [-0.4, -0.2) is 29.3 Å². The summed E-state index contributed by atoms with van der Waals surface area (Å²) in [4.78, 5) is 12.4. The van der Waals surface area contributed by atoms with Crippen molar-refractivity contribution in [2.75, 3.05) is 7.11 Å². The Balaban J connectivity index is 1.76. The topological polar surface area (TPSA) is 80.1 Å². The van der Waals surface area contributed by atoms with E-state index in [1.54, 1.807) is 25.7 Å². The van der Waals surface area contributed by atoms with Gasteiger partial charge in [-0.1, -0.05) is 0 Å². The number of hydrogen-bond acceptors (Lipinski definition) is 4. The number of carbonyl (C=O) groups excluding carboxylic acids is 1. The fraction of sp³-hybridized carbons (Fsp3) is 0.222. The lowest BCUT2D eigenvalue weighted by molar-refractivity contribution is 0.0948. The Morgan fingerprint density at radius 1 is 1.38 bits per heavy atom. The van der Waals surface area contributed by atoms with Gasteiger partial charge in [-0.2, -0.15) is 5.10 Å². The van der Waals surface area contributed by atoms with Crippen molar-refractivity contribution < 1.29 is 13.9 Å². The van der Waals surface area contributed by atoms with Crippen LogP contribution in [0.2, 0.25) is 0 Å². The molecule has 4 rings (SSSR count). The van der Waals surface area contributed by atoms with Gasteiger partial charge in [0, 0.05) is 11.6 Å². The van der Waals surface area contributed by atoms with Crippen molar-refractivity contribution in [1.82, 2.24) is 15.5 Å². The van der Waals surface area contributed by atoms with Crippen molar-refractivity contribution in [1.29, 1.82) is 0 Å². The van der Waals surface area contributed by atoms with Crippen LogP contribution in [0.15, 0.2) is 35.1 Å². The van der Waals surface area contributed by atoms with Crippen molar-refractivity contribution >= 4 is 29.0 Å². The molecule has 1 fully saturated rings. The van der Waals surface area contributed by atoms with E-state index >= 15 is 0 Å². The summed E-state index contributed by atoms with van der Waals surface area (Å²) in [6.45, 7) is 0. The second kappa shape index (κ2) is 5.88. The number of methoxy groups -OCH3 is 1. The van der Waals surface area contributed by atoms with Gasteiger partial charge in [-0.25, -0.2) is 0 Å². The third kappa shape index (κ3) is 2.67. The van der Waals surface area contributed by atoms with Crippen molar-refractivity contribution in [3.05, 3.63) is 47.5 Å². The van der Waals surface area contributed by atoms with Crippen LogP contribution in [0.1, 0.15) is 34.5 Å². The molecule has 0 radical (unpaired) electrons. The average molecular weight is 323 g/mol. The molecule has 1 aliphatic rings. The SMILES string of the molecule is COc1c(C(=O)NC2CC2)ccc2[nH]nc(C=Cc3ccoc3)c12. The molecule has 2 aromatic heterocycles. The van der Waals surface area contributed by atoms with Gasteiger partial charge in [-0.05, 0) is 43.2 Å². The predicted octanol–water partition coefficient (Wildman–Crippen LogP) is 3.23. The lowest BCUT2D eigenvalue weighted by Crippen LogP contribution is -2.25. The van der Waals surface area contributed by atoms with Gasteiger partial charge in [0.2, 0.25) is 0 Å². The first kappa shape index (κ1) is 14.6. The molecule has 0 unspecified atom stereocenters. The molecule has 6 heteroatoms. The number of carbonyl (C=O) groups is 1. The van der Waals surface area contributed by atoms with E-state index in [0.717, 1.165) is 29.3 Å². The zero-order valence-corrected chi connectivity index (χ0v) is 13.2. The Morgan fingerprint density at radius 3 is 2.96 bits per heavy atom. The molecule has 0 bridgehead atoms. The van der Waals surface area contributed by atoms with Gasteiger partial charge in [0.15, 0.2) is 0 Å². The number of aromatic nitrogens is 2. The first-order valence-corrected chi connectivity index (χ1v) is 7.82. The summed E-state index contributed by atoms with van der Waals surface area (Å²) in [5, 5.41) is 11.1. The van der Waals surface area contributed by atoms with Gasteiger partial charge in [0.1, 0.15) is 5.75 Å². The number of benzene rings is 1. The largest absolute Gasteiger partial charge is 0.495 e. The quantitative estimate of drug-likeness (QED) is 0.755. The molecule has 3 aromatic rings. The van der Waals surface area contributed by atoms with E-state index in [1.807, 2.05) is 24.3 Å². The number of H-pyrrole nitrogens is 1. The summed E-state index contributed by atoms with van der Waals surface area (Å²) >= 11 is 0. The number of ether oxygens (including phenoxy) is 1. The second-order valence-electron chi connectivity index (χ2n) is 5.82. The van der Waals surface area contributed by atoms with E-state index in [0.29, 0.717) is 23.0 Å². The fourth-order valence-corrected chi connectivity index (χ4v) is 2.65. The maximum Gasteiger partial charge on any atom is 0.255 e. The Labute approximate surface area is 138 Å². The van der Waals surface area contributed by atoms with Crippen LogP contribution in [0.5, 0.6) is 5.75 Å². The molecule has 6 nitrogen and oxygen atoms in total. The summed E-state index contributed by atoms with van der Waals surface area (Å²) in [6, 6.07) is 5.77. The fourth-order valence-electron chi connectivity index (χ4n) is 2.65. The van der Waals surface area contributed by atoms with E-state index in [-0.39, 0.29) is 5.91 Å². The minimum absolute atomic E-state index is 0.109. The van der Waals surface area contributed by atoms with E-state index in [2.05, 4.69) is 15.5 Å². The second-order valence-corrected chi connectivity index (χ2v) is 5.82. The molecule has 122 valence electrons. The molecular formula is C18H17N3O3. The molecule has 2 N–H and O–H groups in total. The first-order chi connectivity index (χ1) is 11.8. The highest BCUT2D eigenvalue weighted by atomic mass is 16.5. The zero-order valence-electron chi connectivity index (χ0n) is 13.2. The molecular weight excluding hydrogens is 306 g/mol. The Bertz CT molecular complexity index is 905. The maximum absolute atomic E-state index is 12.4. The van der Waals surface area contributed by atoms with Gasteiger partial charge in [-0.3, -0.25) is 9.89 Å². The van der Waals surface area contributed by atoms with E-state index in [9.17, 15) is 4.79 Å². The molecule has 2 heterocycles. The number of nitrogens with one attached hydrogen (secondary N) is 2. The van der Waals surface area contributed by atoms with Gasteiger partial charge in [0.25, 0.3) is 5.91 Å². The minimum Gasteiger partial charge on any atom is -0.495 e. The molecule has 0 atom stereocenters. The van der Waals surface area contributed by atoms with Crippen LogP contribution in [0.3, 0.4) is 0 Å².